The second-order valence-electron chi connectivity index (χ2n) is 6.03. The fourth-order valence-corrected chi connectivity index (χ4v) is 1.67. The largest absolute Gasteiger partial charge is 0.460 e. The van der Waals surface area contributed by atoms with Crippen LogP contribution in [0, 0.1) is 5.92 Å². The predicted molar refractivity (Wildman–Crippen MR) is 76.8 cm³/mol. The molecule has 1 atom stereocenters. The van der Waals surface area contributed by atoms with E-state index in [-0.39, 0.29) is 24.7 Å². The number of hydrogen-bond acceptors (Lipinski definition) is 3. The van der Waals surface area contributed by atoms with Crippen LogP contribution in [0.3, 0.4) is 0 Å². The number of esters is 1. The molecule has 112 valence electrons. The molecule has 19 heavy (non-hydrogen) atoms. The molecule has 0 spiro atoms. The Balaban J connectivity index is 4.17. The third kappa shape index (κ3) is 8.62. The number of carbonyl (C=O) groups excluding carboxylic acids is 2. The minimum atomic E-state index is -0.485. The molecule has 0 heterocycles. The van der Waals surface area contributed by atoms with Crippen molar-refractivity contribution < 1.29 is 14.3 Å². The molecule has 0 fully saturated rings. The lowest BCUT2D eigenvalue weighted by Crippen LogP contribution is -2.35. The zero-order chi connectivity index (χ0) is 15.1. The molecule has 0 aliphatic heterocycles. The fraction of sp³-hybridized carbons (Fsp3) is 0.867. The summed E-state index contributed by atoms with van der Waals surface area (Å²) in [6.07, 6.45) is 1.45. The van der Waals surface area contributed by atoms with Gasteiger partial charge in [0.25, 0.3) is 0 Å². The van der Waals surface area contributed by atoms with E-state index in [1.807, 2.05) is 32.6 Å². The lowest BCUT2D eigenvalue weighted by Gasteiger charge is -2.24. The lowest BCUT2D eigenvalue weighted by atomic mass is 10.1. The normalized spacial score (nSPS) is 12.9. The van der Waals surface area contributed by atoms with Crippen molar-refractivity contribution in [2.24, 2.45) is 5.92 Å². The van der Waals surface area contributed by atoms with Gasteiger partial charge in [-0.05, 0) is 33.6 Å². The van der Waals surface area contributed by atoms with Crippen LogP contribution in [0.1, 0.15) is 60.8 Å². The minimum absolute atomic E-state index is 0.0358. The molecule has 0 radical (unpaired) electrons. The van der Waals surface area contributed by atoms with Crippen molar-refractivity contribution in [2.45, 2.75) is 66.4 Å². The molecule has 4 nitrogen and oxygen atoms in total. The van der Waals surface area contributed by atoms with Crippen LogP contribution in [0.4, 0.5) is 0 Å². The molecule has 0 saturated heterocycles. The van der Waals surface area contributed by atoms with Gasteiger partial charge in [0.15, 0.2) is 0 Å². The van der Waals surface area contributed by atoms with E-state index < -0.39 is 5.60 Å². The predicted octanol–water partition coefficient (Wildman–Crippen LogP) is 3.00. The molecule has 1 unspecified atom stereocenters. The van der Waals surface area contributed by atoms with Crippen LogP contribution in [-0.2, 0) is 14.3 Å². The summed E-state index contributed by atoms with van der Waals surface area (Å²) in [5, 5.41) is 0. The quantitative estimate of drug-likeness (QED) is 0.669. The Morgan fingerprint density at radius 3 is 2.16 bits per heavy atom. The average Bonchev–Trinajstić information content (AvgIpc) is 2.30. The third-order valence-corrected chi connectivity index (χ3v) is 2.93. The van der Waals surface area contributed by atoms with Crippen molar-refractivity contribution in [3.8, 4) is 0 Å². The molecule has 1 amide bonds. The van der Waals surface area contributed by atoms with Crippen LogP contribution in [0.25, 0.3) is 0 Å². The molecule has 0 rings (SSSR count). The van der Waals surface area contributed by atoms with Crippen molar-refractivity contribution in [3.63, 3.8) is 0 Å². The highest BCUT2D eigenvalue weighted by molar-refractivity contribution is 5.81. The number of hydrogen-bond donors (Lipinski definition) is 0. The molecule has 0 aromatic carbocycles. The topological polar surface area (TPSA) is 46.6 Å². The second kappa shape index (κ2) is 8.18. The summed E-state index contributed by atoms with van der Waals surface area (Å²) in [6, 6.07) is 0. The molecular weight excluding hydrogens is 242 g/mol. The van der Waals surface area contributed by atoms with Crippen molar-refractivity contribution >= 4 is 11.9 Å². The van der Waals surface area contributed by atoms with Gasteiger partial charge in [0, 0.05) is 19.5 Å². The van der Waals surface area contributed by atoms with E-state index in [1.165, 1.54) is 0 Å². The van der Waals surface area contributed by atoms with Gasteiger partial charge in [-0.1, -0.05) is 20.3 Å². The maximum Gasteiger partial charge on any atom is 0.306 e. The molecule has 0 N–H and O–H groups in total. The summed E-state index contributed by atoms with van der Waals surface area (Å²) < 4.78 is 5.19. The Morgan fingerprint density at radius 1 is 1.16 bits per heavy atom. The highest BCUT2D eigenvalue weighted by atomic mass is 16.6. The molecule has 0 aromatic heterocycles. The highest BCUT2D eigenvalue weighted by Crippen LogP contribution is 2.11. The van der Waals surface area contributed by atoms with Crippen molar-refractivity contribution in [1.29, 1.82) is 0 Å². The number of ether oxygens (including phenoxy) is 1. The Kier molecular flexibility index (Phi) is 7.72. The maximum atomic E-state index is 12.0. The van der Waals surface area contributed by atoms with Gasteiger partial charge >= 0.3 is 5.97 Å². The summed E-state index contributed by atoms with van der Waals surface area (Å²) in [6.45, 7) is 13.1. The average molecular weight is 271 g/mol. The van der Waals surface area contributed by atoms with Crippen LogP contribution in [-0.4, -0.2) is 35.5 Å². The first-order valence-electron chi connectivity index (χ1n) is 7.19. The van der Waals surface area contributed by atoms with E-state index >= 15 is 0 Å². The molecule has 0 saturated carbocycles. The second-order valence-corrected chi connectivity index (χ2v) is 6.03. The van der Waals surface area contributed by atoms with Gasteiger partial charge in [-0.3, -0.25) is 9.59 Å². The van der Waals surface area contributed by atoms with Gasteiger partial charge in [-0.15, -0.1) is 0 Å². The van der Waals surface area contributed by atoms with Gasteiger partial charge in [-0.2, -0.15) is 0 Å². The molecular formula is C15H29NO3. The van der Waals surface area contributed by atoms with Crippen LogP contribution < -0.4 is 0 Å². The first-order valence-corrected chi connectivity index (χ1v) is 7.19. The number of amides is 1. The third-order valence-electron chi connectivity index (χ3n) is 2.93. The zero-order valence-corrected chi connectivity index (χ0v) is 13.3. The monoisotopic (exact) mass is 271 g/mol. The highest BCUT2D eigenvalue weighted by Gasteiger charge is 2.19. The first-order chi connectivity index (χ1) is 8.69. The Labute approximate surface area is 117 Å². The van der Waals surface area contributed by atoms with E-state index in [4.69, 9.17) is 4.74 Å². The van der Waals surface area contributed by atoms with E-state index in [9.17, 15) is 9.59 Å². The van der Waals surface area contributed by atoms with E-state index in [0.717, 1.165) is 13.0 Å². The number of carbonyl (C=O) groups is 2. The summed E-state index contributed by atoms with van der Waals surface area (Å²) in [4.78, 5) is 25.4. The smallest absolute Gasteiger partial charge is 0.306 e. The molecule has 0 aliphatic carbocycles. The molecule has 0 aromatic rings. The van der Waals surface area contributed by atoms with E-state index in [2.05, 4.69) is 13.8 Å². The van der Waals surface area contributed by atoms with E-state index in [1.54, 1.807) is 0 Å². The number of nitrogens with zero attached hydrogens (tertiary/aromatic N) is 1. The van der Waals surface area contributed by atoms with Crippen molar-refractivity contribution in [2.75, 3.05) is 13.1 Å². The first kappa shape index (κ1) is 17.9. The Bertz CT molecular complexity index is 294. The number of rotatable bonds is 7. The molecule has 4 heteroatoms. The van der Waals surface area contributed by atoms with Gasteiger partial charge in [0.05, 0.1) is 6.42 Å². The van der Waals surface area contributed by atoms with E-state index in [0.29, 0.717) is 12.5 Å². The fourth-order valence-electron chi connectivity index (χ4n) is 1.67. The Hall–Kier alpha value is -1.06. The van der Waals surface area contributed by atoms with Gasteiger partial charge < -0.3 is 9.64 Å². The minimum Gasteiger partial charge on any atom is -0.460 e. The summed E-state index contributed by atoms with van der Waals surface area (Å²) >= 11 is 0. The van der Waals surface area contributed by atoms with Gasteiger partial charge in [-0.25, -0.2) is 0 Å². The van der Waals surface area contributed by atoms with Crippen molar-refractivity contribution in [3.05, 3.63) is 0 Å². The van der Waals surface area contributed by atoms with Crippen molar-refractivity contribution in [1.82, 2.24) is 4.90 Å². The lowest BCUT2D eigenvalue weighted by molar-refractivity contribution is -0.156. The maximum absolute atomic E-state index is 12.0. The zero-order valence-electron chi connectivity index (χ0n) is 13.3. The van der Waals surface area contributed by atoms with Gasteiger partial charge in [0.1, 0.15) is 5.60 Å². The summed E-state index contributed by atoms with van der Waals surface area (Å²) in [5.41, 5.74) is -0.485. The summed E-state index contributed by atoms with van der Waals surface area (Å²) in [7, 11) is 0. The summed E-state index contributed by atoms with van der Waals surface area (Å²) in [5.74, 6) is 0.222. The standard InChI is InChI=1S/C15H29NO3/c1-7-12(3)11-16(8-2)13(17)9-10-14(18)19-15(4,5)6/h12H,7-11H2,1-6H3. The SMILES string of the molecule is CCC(C)CN(CC)C(=O)CCC(=O)OC(C)(C)C. The van der Waals surface area contributed by atoms with Gasteiger partial charge in [0.2, 0.25) is 5.91 Å². The van der Waals surface area contributed by atoms with Crippen LogP contribution >= 0.6 is 0 Å². The van der Waals surface area contributed by atoms with Crippen LogP contribution in [0.5, 0.6) is 0 Å². The van der Waals surface area contributed by atoms with Crippen LogP contribution in [0.2, 0.25) is 0 Å². The molecule has 0 bridgehead atoms. The molecule has 0 aliphatic rings. The Morgan fingerprint density at radius 2 is 1.74 bits per heavy atom. The van der Waals surface area contributed by atoms with Crippen LogP contribution in [0.15, 0.2) is 0 Å².